The van der Waals surface area contributed by atoms with Crippen molar-refractivity contribution in [1.82, 2.24) is 9.78 Å². The van der Waals surface area contributed by atoms with E-state index in [9.17, 15) is 0 Å². The fourth-order valence-electron chi connectivity index (χ4n) is 2.52. The van der Waals surface area contributed by atoms with Crippen LogP contribution in [0.2, 0.25) is 0 Å². The van der Waals surface area contributed by atoms with Gasteiger partial charge in [0.15, 0.2) is 0 Å². The molecule has 2 nitrogen and oxygen atoms in total. The van der Waals surface area contributed by atoms with Crippen molar-refractivity contribution in [2.45, 2.75) is 6.42 Å². The highest BCUT2D eigenvalue weighted by Crippen LogP contribution is 2.28. The van der Waals surface area contributed by atoms with Crippen molar-refractivity contribution in [3.8, 4) is 0 Å². The standard InChI is InChI=1S/C16H12N2/c1-2-6-13-10-15(9-12(13)5-1)18-11-14-7-3-4-8-16(14)17-18/h1-9,11H,10H2. The van der Waals surface area contributed by atoms with E-state index in [4.69, 9.17) is 0 Å². The van der Waals surface area contributed by atoms with Crippen LogP contribution in [0.5, 0.6) is 0 Å². The zero-order valence-corrected chi connectivity index (χ0v) is 9.88. The van der Waals surface area contributed by atoms with Crippen molar-refractivity contribution in [2.75, 3.05) is 0 Å². The van der Waals surface area contributed by atoms with Crippen molar-refractivity contribution in [3.05, 3.63) is 65.9 Å². The summed E-state index contributed by atoms with van der Waals surface area (Å²) in [6.07, 6.45) is 5.29. The molecule has 0 spiro atoms. The first-order chi connectivity index (χ1) is 8.90. The molecule has 0 saturated heterocycles. The van der Waals surface area contributed by atoms with Gasteiger partial charge in [-0.15, -0.1) is 0 Å². The second-order valence-electron chi connectivity index (χ2n) is 4.64. The number of aromatic nitrogens is 2. The Morgan fingerprint density at radius 1 is 0.944 bits per heavy atom. The SMILES string of the molecule is C1=C(n2cc3ccccc3n2)Cc2ccccc21. The van der Waals surface area contributed by atoms with E-state index in [0.29, 0.717) is 0 Å². The summed E-state index contributed by atoms with van der Waals surface area (Å²) < 4.78 is 2.00. The molecule has 0 saturated carbocycles. The van der Waals surface area contributed by atoms with Crippen LogP contribution in [0.15, 0.2) is 54.7 Å². The summed E-state index contributed by atoms with van der Waals surface area (Å²) >= 11 is 0. The van der Waals surface area contributed by atoms with Crippen LogP contribution in [0.25, 0.3) is 22.7 Å². The van der Waals surface area contributed by atoms with Crippen molar-refractivity contribution in [3.63, 3.8) is 0 Å². The number of hydrogen-bond acceptors (Lipinski definition) is 1. The van der Waals surface area contributed by atoms with E-state index in [-0.39, 0.29) is 0 Å². The number of allylic oxidation sites excluding steroid dienone is 1. The van der Waals surface area contributed by atoms with Crippen LogP contribution >= 0.6 is 0 Å². The molecule has 0 fully saturated rings. The lowest BCUT2D eigenvalue weighted by atomic mass is 10.1. The molecule has 18 heavy (non-hydrogen) atoms. The van der Waals surface area contributed by atoms with Gasteiger partial charge >= 0.3 is 0 Å². The fraction of sp³-hybridized carbons (Fsp3) is 0.0625. The lowest BCUT2D eigenvalue weighted by Gasteiger charge is -2.00. The zero-order chi connectivity index (χ0) is 11.9. The van der Waals surface area contributed by atoms with Crippen LogP contribution in [-0.2, 0) is 6.42 Å². The van der Waals surface area contributed by atoms with E-state index in [1.807, 2.05) is 16.8 Å². The Morgan fingerprint density at radius 2 is 1.78 bits per heavy atom. The molecule has 0 aliphatic heterocycles. The molecule has 86 valence electrons. The van der Waals surface area contributed by atoms with Gasteiger partial charge in [0.1, 0.15) is 0 Å². The smallest absolute Gasteiger partial charge is 0.0927 e. The first kappa shape index (κ1) is 9.66. The normalized spacial score (nSPS) is 13.7. The van der Waals surface area contributed by atoms with Crippen molar-refractivity contribution >= 4 is 22.7 Å². The molecule has 2 heteroatoms. The lowest BCUT2D eigenvalue weighted by Crippen LogP contribution is -1.96. The van der Waals surface area contributed by atoms with Gasteiger partial charge < -0.3 is 0 Å². The summed E-state index contributed by atoms with van der Waals surface area (Å²) in [5.74, 6) is 0. The summed E-state index contributed by atoms with van der Waals surface area (Å²) in [7, 11) is 0. The molecule has 2 aromatic carbocycles. The fourth-order valence-corrected chi connectivity index (χ4v) is 2.52. The molecule has 1 aliphatic rings. The zero-order valence-electron chi connectivity index (χ0n) is 9.88. The Bertz CT molecular complexity index is 732. The van der Waals surface area contributed by atoms with E-state index < -0.39 is 0 Å². The third-order valence-corrected chi connectivity index (χ3v) is 3.46. The van der Waals surface area contributed by atoms with Crippen LogP contribution in [0.1, 0.15) is 11.1 Å². The minimum atomic E-state index is 0.962. The number of rotatable bonds is 1. The summed E-state index contributed by atoms with van der Waals surface area (Å²) in [6, 6.07) is 16.7. The van der Waals surface area contributed by atoms with Gasteiger partial charge in [0.25, 0.3) is 0 Å². The highest BCUT2D eigenvalue weighted by Gasteiger charge is 2.14. The van der Waals surface area contributed by atoms with Gasteiger partial charge in [-0.1, -0.05) is 42.5 Å². The molecule has 1 aromatic heterocycles. The molecular weight excluding hydrogens is 220 g/mol. The van der Waals surface area contributed by atoms with Crippen LogP contribution in [0.3, 0.4) is 0 Å². The molecule has 0 amide bonds. The third-order valence-electron chi connectivity index (χ3n) is 3.46. The Balaban J connectivity index is 1.82. The van der Waals surface area contributed by atoms with Crippen molar-refractivity contribution < 1.29 is 0 Å². The first-order valence-electron chi connectivity index (χ1n) is 6.13. The third kappa shape index (κ3) is 1.39. The minimum absolute atomic E-state index is 0.962. The number of hydrogen-bond donors (Lipinski definition) is 0. The Kier molecular flexibility index (Phi) is 1.92. The molecule has 0 N–H and O–H groups in total. The van der Waals surface area contributed by atoms with E-state index in [1.165, 1.54) is 22.2 Å². The summed E-state index contributed by atoms with van der Waals surface area (Å²) in [6.45, 7) is 0. The molecule has 0 bridgehead atoms. The quantitative estimate of drug-likeness (QED) is 0.627. The van der Waals surface area contributed by atoms with Crippen molar-refractivity contribution in [2.24, 2.45) is 0 Å². The van der Waals surface area contributed by atoms with Gasteiger partial charge in [-0.3, -0.25) is 0 Å². The average molecular weight is 232 g/mol. The highest BCUT2D eigenvalue weighted by atomic mass is 15.3. The Hall–Kier alpha value is -2.35. The van der Waals surface area contributed by atoms with Gasteiger partial charge in [0.05, 0.1) is 5.52 Å². The molecule has 4 rings (SSSR count). The maximum Gasteiger partial charge on any atom is 0.0927 e. The highest BCUT2D eigenvalue weighted by molar-refractivity contribution is 5.83. The Morgan fingerprint density at radius 3 is 2.67 bits per heavy atom. The largest absolute Gasteiger partial charge is 0.244 e. The predicted octanol–water partition coefficient (Wildman–Crippen LogP) is 3.59. The topological polar surface area (TPSA) is 17.8 Å². The van der Waals surface area contributed by atoms with Crippen LogP contribution < -0.4 is 0 Å². The van der Waals surface area contributed by atoms with E-state index in [2.05, 4.69) is 53.8 Å². The minimum Gasteiger partial charge on any atom is -0.244 e. The van der Waals surface area contributed by atoms with Crippen LogP contribution in [0, 0.1) is 0 Å². The van der Waals surface area contributed by atoms with Crippen molar-refractivity contribution in [1.29, 1.82) is 0 Å². The second-order valence-corrected chi connectivity index (χ2v) is 4.64. The molecule has 0 atom stereocenters. The summed E-state index contributed by atoms with van der Waals surface area (Å²) in [5.41, 5.74) is 4.99. The van der Waals surface area contributed by atoms with Crippen LogP contribution in [-0.4, -0.2) is 9.78 Å². The monoisotopic (exact) mass is 232 g/mol. The number of fused-ring (bicyclic) bond motifs is 2. The second kappa shape index (κ2) is 3.57. The van der Waals surface area contributed by atoms with Gasteiger partial charge in [-0.25, -0.2) is 4.68 Å². The van der Waals surface area contributed by atoms with Gasteiger partial charge in [-0.05, 0) is 23.3 Å². The first-order valence-corrected chi connectivity index (χ1v) is 6.13. The predicted molar refractivity (Wildman–Crippen MR) is 74.0 cm³/mol. The van der Waals surface area contributed by atoms with E-state index >= 15 is 0 Å². The molecule has 1 aliphatic carbocycles. The lowest BCUT2D eigenvalue weighted by molar-refractivity contribution is 0.898. The average Bonchev–Trinajstić information content (AvgIpc) is 3.02. The van der Waals surface area contributed by atoms with Gasteiger partial charge in [-0.2, -0.15) is 5.10 Å². The Labute approximate surface area is 105 Å². The number of benzene rings is 2. The maximum absolute atomic E-state index is 4.63. The maximum atomic E-state index is 4.63. The summed E-state index contributed by atoms with van der Waals surface area (Å²) in [5, 5.41) is 5.82. The summed E-state index contributed by atoms with van der Waals surface area (Å²) in [4.78, 5) is 0. The van der Waals surface area contributed by atoms with E-state index in [0.717, 1.165) is 11.9 Å². The van der Waals surface area contributed by atoms with Gasteiger partial charge in [0.2, 0.25) is 0 Å². The van der Waals surface area contributed by atoms with Crippen LogP contribution in [0.4, 0.5) is 0 Å². The molecule has 3 aromatic rings. The van der Waals surface area contributed by atoms with E-state index in [1.54, 1.807) is 0 Å². The molecule has 1 heterocycles. The molecular formula is C16H12N2. The van der Waals surface area contributed by atoms with Gasteiger partial charge in [0, 0.05) is 23.7 Å². The number of nitrogens with zero attached hydrogens (tertiary/aromatic N) is 2. The molecule has 0 radical (unpaired) electrons. The molecule has 0 unspecified atom stereocenters.